The summed E-state index contributed by atoms with van der Waals surface area (Å²) >= 11 is 0. The Labute approximate surface area is 191 Å². The average molecular weight is 441 g/mol. The summed E-state index contributed by atoms with van der Waals surface area (Å²) in [6.07, 6.45) is 4.80. The first kappa shape index (κ1) is 20.9. The van der Waals surface area contributed by atoms with Crippen molar-refractivity contribution in [2.24, 2.45) is 0 Å². The van der Waals surface area contributed by atoms with Gasteiger partial charge in [-0.25, -0.2) is 4.98 Å². The summed E-state index contributed by atoms with van der Waals surface area (Å²) in [5.41, 5.74) is 3.82. The number of carbonyl (C=O) groups is 1. The van der Waals surface area contributed by atoms with Crippen LogP contribution in [0.15, 0.2) is 73.3 Å². The van der Waals surface area contributed by atoms with Gasteiger partial charge in [0.25, 0.3) is 0 Å². The van der Waals surface area contributed by atoms with E-state index in [-0.39, 0.29) is 24.0 Å². The van der Waals surface area contributed by atoms with Crippen LogP contribution in [0.2, 0.25) is 0 Å². The molecule has 0 spiro atoms. The number of nitrogens with zero attached hydrogens (tertiary/aromatic N) is 3. The molecule has 3 N–H and O–H groups in total. The van der Waals surface area contributed by atoms with Gasteiger partial charge in [0, 0.05) is 30.8 Å². The van der Waals surface area contributed by atoms with E-state index in [0.29, 0.717) is 22.5 Å². The van der Waals surface area contributed by atoms with Crippen LogP contribution in [0.1, 0.15) is 46.0 Å². The Kier molecular flexibility index (Phi) is 4.98. The van der Waals surface area contributed by atoms with Gasteiger partial charge in [0.2, 0.25) is 5.91 Å². The number of nitrogens with one attached hydrogen (secondary N) is 1. The van der Waals surface area contributed by atoms with Gasteiger partial charge in [-0.05, 0) is 47.9 Å². The van der Waals surface area contributed by atoms with Gasteiger partial charge >= 0.3 is 0 Å². The number of amides is 1. The molecule has 1 aliphatic rings. The Balaban J connectivity index is 1.71. The summed E-state index contributed by atoms with van der Waals surface area (Å²) < 4.78 is 0. The standard InChI is InChI=1S/C26H24N4O3/c1-16-4-3-5-17(10-16)26(33,24-14-27-15-29-24)18-6-9-23-21(11-18)20(12-25(32)30(23)2)22-8-7-19(31)13-28-22/h3-11,13-15,20,31,33H,12H2,1-2H3,(H,27,29). The van der Waals surface area contributed by atoms with Crippen molar-refractivity contribution in [2.45, 2.75) is 24.9 Å². The third-order valence-electron chi connectivity index (χ3n) is 6.39. The zero-order valence-corrected chi connectivity index (χ0v) is 18.4. The number of fused-ring (bicyclic) bond motifs is 1. The van der Waals surface area contributed by atoms with E-state index in [2.05, 4.69) is 15.0 Å². The number of aromatic nitrogens is 3. The molecule has 5 rings (SSSR count). The molecular formula is C26H24N4O3. The average Bonchev–Trinajstić information content (AvgIpc) is 3.37. The van der Waals surface area contributed by atoms with Crippen molar-refractivity contribution in [1.82, 2.24) is 15.0 Å². The van der Waals surface area contributed by atoms with Crippen LogP contribution in [-0.4, -0.2) is 38.1 Å². The molecule has 4 aromatic rings. The number of hydrogen-bond donors (Lipinski definition) is 3. The maximum atomic E-state index is 12.7. The fourth-order valence-corrected chi connectivity index (χ4v) is 4.59. The van der Waals surface area contributed by atoms with E-state index in [0.717, 1.165) is 16.8 Å². The number of aromatic hydroxyl groups is 1. The Hall–Kier alpha value is -3.97. The van der Waals surface area contributed by atoms with Crippen LogP contribution in [0.3, 0.4) is 0 Å². The van der Waals surface area contributed by atoms with E-state index < -0.39 is 5.60 Å². The quantitative estimate of drug-likeness (QED) is 0.450. The molecule has 7 nitrogen and oxygen atoms in total. The number of aliphatic hydroxyl groups is 1. The number of rotatable bonds is 4. The van der Waals surface area contributed by atoms with E-state index >= 15 is 0 Å². The van der Waals surface area contributed by atoms with Gasteiger partial charge in [0.15, 0.2) is 5.60 Å². The van der Waals surface area contributed by atoms with E-state index in [4.69, 9.17) is 0 Å². The highest BCUT2D eigenvalue weighted by Gasteiger charge is 2.38. The summed E-state index contributed by atoms with van der Waals surface area (Å²) in [6.45, 7) is 1.98. The fourth-order valence-electron chi connectivity index (χ4n) is 4.59. The topological polar surface area (TPSA) is 102 Å². The van der Waals surface area contributed by atoms with Crippen LogP contribution in [0.25, 0.3) is 0 Å². The fraction of sp³-hybridized carbons (Fsp3) is 0.192. The first-order valence-electron chi connectivity index (χ1n) is 10.7. The smallest absolute Gasteiger partial charge is 0.227 e. The first-order valence-corrected chi connectivity index (χ1v) is 10.7. The molecule has 33 heavy (non-hydrogen) atoms. The summed E-state index contributed by atoms with van der Waals surface area (Å²) in [7, 11) is 1.75. The van der Waals surface area contributed by atoms with Crippen LogP contribution in [0.4, 0.5) is 5.69 Å². The summed E-state index contributed by atoms with van der Waals surface area (Å²) in [4.78, 5) is 25.9. The highest BCUT2D eigenvalue weighted by Crippen LogP contribution is 2.43. The van der Waals surface area contributed by atoms with Gasteiger partial charge in [0.1, 0.15) is 5.75 Å². The molecule has 1 aliphatic heterocycles. The minimum atomic E-state index is -1.47. The molecule has 7 heteroatoms. The molecule has 1 amide bonds. The summed E-state index contributed by atoms with van der Waals surface area (Å²) in [6, 6.07) is 16.7. The van der Waals surface area contributed by atoms with Gasteiger partial charge in [-0.15, -0.1) is 0 Å². The molecule has 2 unspecified atom stereocenters. The van der Waals surface area contributed by atoms with Gasteiger partial charge in [-0.3, -0.25) is 9.78 Å². The normalized spacial score (nSPS) is 17.5. The highest BCUT2D eigenvalue weighted by atomic mass is 16.3. The molecule has 0 aliphatic carbocycles. The SMILES string of the molecule is Cc1cccc(C(O)(c2ccc3c(c2)C(c2ccc(O)cn2)CC(=O)N3C)c2cnc[nH]2)c1. The summed E-state index contributed by atoms with van der Waals surface area (Å²) in [5, 5.41) is 21.8. The van der Waals surface area contributed by atoms with Crippen LogP contribution in [0.5, 0.6) is 5.75 Å². The molecule has 3 heterocycles. The zero-order valence-electron chi connectivity index (χ0n) is 18.4. The second-order valence-electron chi connectivity index (χ2n) is 8.47. The van der Waals surface area contributed by atoms with Crippen molar-refractivity contribution in [1.29, 1.82) is 0 Å². The number of pyridine rings is 1. The first-order chi connectivity index (χ1) is 15.9. The maximum Gasteiger partial charge on any atom is 0.227 e. The second kappa shape index (κ2) is 7.86. The third-order valence-corrected chi connectivity index (χ3v) is 6.39. The lowest BCUT2D eigenvalue weighted by molar-refractivity contribution is -0.118. The highest BCUT2D eigenvalue weighted by molar-refractivity contribution is 5.97. The van der Waals surface area contributed by atoms with Gasteiger partial charge in [-0.1, -0.05) is 35.9 Å². The van der Waals surface area contributed by atoms with E-state index in [1.54, 1.807) is 36.6 Å². The minimum Gasteiger partial charge on any atom is -0.506 e. The number of imidazole rings is 1. The van der Waals surface area contributed by atoms with Crippen LogP contribution >= 0.6 is 0 Å². The molecule has 0 saturated carbocycles. The molecule has 2 aromatic carbocycles. The predicted molar refractivity (Wildman–Crippen MR) is 124 cm³/mol. The minimum absolute atomic E-state index is 0.0161. The molecule has 0 radical (unpaired) electrons. The molecular weight excluding hydrogens is 416 g/mol. The Morgan fingerprint density at radius 2 is 1.91 bits per heavy atom. The number of aryl methyl sites for hydroxylation is 1. The van der Waals surface area contributed by atoms with Crippen molar-refractivity contribution in [3.05, 3.63) is 107 Å². The maximum absolute atomic E-state index is 12.7. The number of anilines is 1. The zero-order chi connectivity index (χ0) is 23.2. The Morgan fingerprint density at radius 3 is 2.61 bits per heavy atom. The van der Waals surface area contributed by atoms with Crippen molar-refractivity contribution in [3.8, 4) is 5.75 Å². The Morgan fingerprint density at radius 1 is 1.09 bits per heavy atom. The van der Waals surface area contributed by atoms with Crippen molar-refractivity contribution in [2.75, 3.05) is 11.9 Å². The Bertz CT molecular complexity index is 1320. The van der Waals surface area contributed by atoms with Gasteiger partial charge in [-0.2, -0.15) is 0 Å². The van der Waals surface area contributed by atoms with Crippen LogP contribution in [0, 0.1) is 6.92 Å². The lowest BCUT2D eigenvalue weighted by Crippen LogP contribution is -2.35. The number of aromatic amines is 1. The number of hydrogen-bond acceptors (Lipinski definition) is 5. The molecule has 0 bridgehead atoms. The molecule has 2 atom stereocenters. The number of benzene rings is 2. The van der Waals surface area contributed by atoms with Crippen LogP contribution < -0.4 is 4.90 Å². The van der Waals surface area contributed by atoms with E-state index in [9.17, 15) is 15.0 Å². The number of H-pyrrole nitrogens is 1. The lowest BCUT2D eigenvalue weighted by atomic mass is 9.79. The largest absolute Gasteiger partial charge is 0.506 e. The van der Waals surface area contributed by atoms with Crippen molar-refractivity contribution < 1.29 is 15.0 Å². The van der Waals surface area contributed by atoms with E-state index in [1.807, 2.05) is 49.4 Å². The molecule has 2 aromatic heterocycles. The summed E-state index contributed by atoms with van der Waals surface area (Å²) in [5.74, 6) is -0.245. The van der Waals surface area contributed by atoms with Gasteiger partial charge < -0.3 is 20.1 Å². The third kappa shape index (κ3) is 3.47. The van der Waals surface area contributed by atoms with Crippen molar-refractivity contribution in [3.63, 3.8) is 0 Å². The number of carbonyl (C=O) groups excluding carboxylic acids is 1. The molecule has 166 valence electrons. The lowest BCUT2D eigenvalue weighted by Gasteiger charge is -2.34. The predicted octanol–water partition coefficient (Wildman–Crippen LogP) is 3.60. The monoisotopic (exact) mass is 440 g/mol. The molecule has 0 saturated heterocycles. The van der Waals surface area contributed by atoms with E-state index in [1.165, 1.54) is 6.20 Å². The molecule has 0 fully saturated rings. The van der Waals surface area contributed by atoms with Gasteiger partial charge in [0.05, 0.1) is 24.4 Å². The van der Waals surface area contributed by atoms with Crippen molar-refractivity contribution >= 4 is 11.6 Å². The van der Waals surface area contributed by atoms with Crippen LogP contribution in [-0.2, 0) is 10.4 Å². The second-order valence-corrected chi connectivity index (χ2v) is 8.47.